The largest absolute Gasteiger partial charge is 0.358 e. The highest BCUT2D eigenvalue weighted by atomic mass is 32.1. The fourth-order valence-corrected chi connectivity index (χ4v) is 2.93. The first-order valence-electron chi connectivity index (χ1n) is 8.94. The third-order valence-corrected chi connectivity index (χ3v) is 4.86. The molecule has 0 aliphatic heterocycles. The number of hydrogen-bond acceptors (Lipinski definition) is 2. The van der Waals surface area contributed by atoms with Gasteiger partial charge >= 0.3 is 0 Å². The molecule has 0 unspecified atom stereocenters. The van der Waals surface area contributed by atoms with Crippen molar-refractivity contribution in [2.45, 2.75) is 40.8 Å². The van der Waals surface area contributed by atoms with Crippen LogP contribution in [-0.4, -0.2) is 23.1 Å². The van der Waals surface area contributed by atoms with Crippen molar-refractivity contribution in [2.75, 3.05) is 18.4 Å². The van der Waals surface area contributed by atoms with Crippen molar-refractivity contribution in [1.29, 1.82) is 0 Å². The highest BCUT2D eigenvalue weighted by molar-refractivity contribution is 7.80. The Kier molecular flexibility index (Phi) is 7.41. The van der Waals surface area contributed by atoms with E-state index in [0.29, 0.717) is 5.11 Å². The van der Waals surface area contributed by atoms with Crippen LogP contribution in [-0.2, 0) is 13.1 Å². The summed E-state index contributed by atoms with van der Waals surface area (Å²) in [6, 6.07) is 14.9. The molecule has 134 valence electrons. The van der Waals surface area contributed by atoms with Crippen LogP contribution in [0.4, 0.5) is 5.69 Å². The molecule has 0 atom stereocenters. The molecule has 0 bridgehead atoms. The van der Waals surface area contributed by atoms with Gasteiger partial charge in [0.2, 0.25) is 0 Å². The van der Waals surface area contributed by atoms with E-state index in [2.05, 4.69) is 85.7 Å². The molecule has 0 amide bonds. The van der Waals surface area contributed by atoms with Crippen molar-refractivity contribution in [2.24, 2.45) is 0 Å². The van der Waals surface area contributed by atoms with Gasteiger partial charge in [0.1, 0.15) is 0 Å². The highest BCUT2D eigenvalue weighted by Gasteiger charge is 2.07. The molecule has 0 aliphatic carbocycles. The van der Waals surface area contributed by atoms with Gasteiger partial charge in [0.05, 0.1) is 0 Å². The first-order valence-corrected chi connectivity index (χ1v) is 9.35. The number of nitrogens with one attached hydrogen (secondary N) is 2. The lowest BCUT2D eigenvalue weighted by Gasteiger charge is -2.20. The first kappa shape index (κ1) is 19.4. The summed E-state index contributed by atoms with van der Waals surface area (Å²) in [5.74, 6) is 0. The van der Waals surface area contributed by atoms with Gasteiger partial charge in [-0.3, -0.25) is 4.90 Å². The van der Waals surface area contributed by atoms with Crippen LogP contribution in [0.3, 0.4) is 0 Å². The Labute approximate surface area is 157 Å². The topological polar surface area (TPSA) is 27.3 Å². The fraction of sp³-hybridized carbons (Fsp3) is 0.381. The number of benzene rings is 2. The van der Waals surface area contributed by atoms with Crippen LogP contribution in [0.2, 0.25) is 0 Å². The number of rotatable bonds is 7. The number of anilines is 1. The van der Waals surface area contributed by atoms with E-state index in [0.717, 1.165) is 31.9 Å². The van der Waals surface area contributed by atoms with E-state index in [1.165, 1.54) is 22.3 Å². The number of nitrogens with zero attached hydrogens (tertiary/aromatic N) is 1. The van der Waals surface area contributed by atoms with Gasteiger partial charge in [-0.05, 0) is 73.5 Å². The molecule has 0 fully saturated rings. The molecule has 2 N–H and O–H groups in total. The van der Waals surface area contributed by atoms with Crippen molar-refractivity contribution in [3.63, 3.8) is 0 Å². The third-order valence-electron chi connectivity index (χ3n) is 4.61. The second-order valence-electron chi connectivity index (χ2n) is 6.34. The zero-order chi connectivity index (χ0) is 18.2. The Bertz CT molecular complexity index is 708. The minimum Gasteiger partial charge on any atom is -0.358 e. The number of aryl methyl sites for hydroxylation is 2. The van der Waals surface area contributed by atoms with Gasteiger partial charge in [-0.25, -0.2) is 0 Å². The van der Waals surface area contributed by atoms with Gasteiger partial charge in [-0.1, -0.05) is 44.2 Å². The second kappa shape index (κ2) is 9.54. The van der Waals surface area contributed by atoms with E-state index in [1.54, 1.807) is 0 Å². The molecule has 4 heteroatoms. The Morgan fingerprint density at radius 2 is 1.64 bits per heavy atom. The second-order valence-corrected chi connectivity index (χ2v) is 6.75. The lowest BCUT2D eigenvalue weighted by atomic mass is 10.1. The lowest BCUT2D eigenvalue weighted by Crippen LogP contribution is -2.29. The van der Waals surface area contributed by atoms with Crippen LogP contribution in [0, 0.1) is 13.8 Å². The molecule has 2 aromatic carbocycles. The zero-order valence-electron chi connectivity index (χ0n) is 15.7. The van der Waals surface area contributed by atoms with Crippen LogP contribution >= 0.6 is 12.2 Å². The molecule has 0 radical (unpaired) electrons. The predicted molar refractivity (Wildman–Crippen MR) is 112 cm³/mol. The number of hydrogen-bond donors (Lipinski definition) is 2. The van der Waals surface area contributed by atoms with Crippen molar-refractivity contribution in [3.05, 3.63) is 64.7 Å². The maximum atomic E-state index is 5.46. The predicted octanol–water partition coefficient (Wildman–Crippen LogP) is 4.63. The van der Waals surface area contributed by atoms with Crippen molar-refractivity contribution >= 4 is 23.0 Å². The summed E-state index contributed by atoms with van der Waals surface area (Å²) in [6.45, 7) is 12.5. The fourth-order valence-electron chi connectivity index (χ4n) is 2.74. The standard InChI is InChI=1S/C21H29N3S/c1-5-24(6-2)15-19-10-8-7-9-18(19)14-22-21(25)23-20-12-11-16(3)17(4)13-20/h7-13H,5-6,14-15H2,1-4H3,(H2,22,23,25). The molecule has 25 heavy (non-hydrogen) atoms. The average Bonchev–Trinajstić information content (AvgIpc) is 2.62. The molecule has 0 heterocycles. The molecule has 0 saturated heterocycles. The van der Waals surface area contributed by atoms with Crippen molar-refractivity contribution in [1.82, 2.24) is 10.2 Å². The van der Waals surface area contributed by atoms with Crippen molar-refractivity contribution in [3.8, 4) is 0 Å². The van der Waals surface area contributed by atoms with Crippen LogP contribution in [0.15, 0.2) is 42.5 Å². The van der Waals surface area contributed by atoms with Gasteiger partial charge in [-0.15, -0.1) is 0 Å². The zero-order valence-corrected chi connectivity index (χ0v) is 16.5. The van der Waals surface area contributed by atoms with E-state index in [4.69, 9.17) is 12.2 Å². The third kappa shape index (κ3) is 5.83. The number of thiocarbonyl (C=S) groups is 1. The van der Waals surface area contributed by atoms with Gasteiger partial charge in [0.15, 0.2) is 5.11 Å². The van der Waals surface area contributed by atoms with Crippen LogP contribution in [0.5, 0.6) is 0 Å². The molecule has 0 aromatic heterocycles. The molecule has 0 aliphatic rings. The van der Waals surface area contributed by atoms with E-state index in [1.807, 2.05) is 0 Å². The molecular weight excluding hydrogens is 326 g/mol. The molecule has 0 saturated carbocycles. The first-order chi connectivity index (χ1) is 12.0. The van der Waals surface area contributed by atoms with E-state index >= 15 is 0 Å². The summed E-state index contributed by atoms with van der Waals surface area (Å²) in [5.41, 5.74) is 6.22. The average molecular weight is 356 g/mol. The summed E-state index contributed by atoms with van der Waals surface area (Å²) in [7, 11) is 0. The van der Waals surface area contributed by atoms with E-state index in [-0.39, 0.29) is 0 Å². The summed E-state index contributed by atoms with van der Waals surface area (Å²) in [4.78, 5) is 2.42. The Morgan fingerprint density at radius 1 is 0.960 bits per heavy atom. The van der Waals surface area contributed by atoms with Gasteiger partial charge in [0.25, 0.3) is 0 Å². The van der Waals surface area contributed by atoms with E-state index < -0.39 is 0 Å². The maximum absolute atomic E-state index is 5.46. The van der Waals surface area contributed by atoms with Gasteiger partial charge in [-0.2, -0.15) is 0 Å². The van der Waals surface area contributed by atoms with Crippen LogP contribution in [0.25, 0.3) is 0 Å². The molecule has 3 nitrogen and oxygen atoms in total. The summed E-state index contributed by atoms with van der Waals surface area (Å²) < 4.78 is 0. The lowest BCUT2D eigenvalue weighted by molar-refractivity contribution is 0.295. The Balaban J connectivity index is 1.96. The summed E-state index contributed by atoms with van der Waals surface area (Å²) >= 11 is 5.46. The molecule has 2 rings (SSSR count). The minimum atomic E-state index is 0.654. The molecule has 0 spiro atoms. The monoisotopic (exact) mass is 355 g/mol. The molecule has 2 aromatic rings. The highest BCUT2D eigenvalue weighted by Crippen LogP contribution is 2.15. The quantitative estimate of drug-likeness (QED) is 0.708. The normalized spacial score (nSPS) is 10.8. The molecular formula is C21H29N3S. The van der Waals surface area contributed by atoms with Crippen molar-refractivity contribution < 1.29 is 0 Å². The van der Waals surface area contributed by atoms with Crippen LogP contribution in [0.1, 0.15) is 36.1 Å². The SMILES string of the molecule is CCN(CC)Cc1ccccc1CNC(=S)Nc1ccc(C)c(C)c1. The Hall–Kier alpha value is -1.91. The summed E-state index contributed by atoms with van der Waals surface area (Å²) in [6.07, 6.45) is 0. The van der Waals surface area contributed by atoms with Gasteiger partial charge in [0, 0.05) is 18.8 Å². The smallest absolute Gasteiger partial charge is 0.171 e. The minimum absolute atomic E-state index is 0.654. The Morgan fingerprint density at radius 3 is 2.28 bits per heavy atom. The van der Waals surface area contributed by atoms with Gasteiger partial charge < -0.3 is 10.6 Å². The van der Waals surface area contributed by atoms with Crippen LogP contribution < -0.4 is 10.6 Å². The summed E-state index contributed by atoms with van der Waals surface area (Å²) in [5, 5.41) is 7.26. The maximum Gasteiger partial charge on any atom is 0.171 e. The van der Waals surface area contributed by atoms with E-state index in [9.17, 15) is 0 Å².